The fourth-order valence-corrected chi connectivity index (χ4v) is 1.61. The smallest absolute Gasteiger partial charge is 0.311 e. The molecule has 1 unspecified atom stereocenters. The molecule has 0 radical (unpaired) electrons. The normalized spacial score (nSPS) is 20.2. The fourth-order valence-electron chi connectivity index (χ4n) is 1.61. The molecule has 0 aromatic carbocycles. The van der Waals surface area contributed by atoms with Crippen LogP contribution in [0.2, 0.25) is 0 Å². The van der Waals surface area contributed by atoms with E-state index in [0.717, 1.165) is 0 Å². The van der Waals surface area contributed by atoms with Crippen molar-refractivity contribution in [1.29, 1.82) is 0 Å². The third kappa shape index (κ3) is 1.73. The van der Waals surface area contributed by atoms with Crippen LogP contribution in [0.4, 0.5) is 5.95 Å². The van der Waals surface area contributed by atoms with E-state index < -0.39 is 5.92 Å². The van der Waals surface area contributed by atoms with E-state index >= 15 is 0 Å². The largest absolute Gasteiger partial charge is 0.469 e. The average molecular weight is 225 g/mol. The Hall–Kier alpha value is -1.99. The molecule has 16 heavy (non-hydrogen) atoms. The van der Waals surface area contributed by atoms with Crippen LogP contribution in [0.3, 0.4) is 0 Å². The van der Waals surface area contributed by atoms with Gasteiger partial charge in [-0.05, 0) is 5.21 Å². The van der Waals surface area contributed by atoms with Crippen LogP contribution >= 0.6 is 0 Å². The molecule has 1 aliphatic rings. The number of rotatable bonds is 2. The highest BCUT2D eigenvalue weighted by atomic mass is 16.5. The summed E-state index contributed by atoms with van der Waals surface area (Å²) in [5.41, 5.74) is 0. The van der Waals surface area contributed by atoms with Crippen LogP contribution in [0.25, 0.3) is 0 Å². The number of hydrogen-bond donors (Lipinski definition) is 0. The molecule has 0 saturated carbocycles. The van der Waals surface area contributed by atoms with Gasteiger partial charge in [-0.15, -0.1) is 5.10 Å². The van der Waals surface area contributed by atoms with Gasteiger partial charge in [0, 0.05) is 13.0 Å². The molecule has 8 heteroatoms. The summed E-state index contributed by atoms with van der Waals surface area (Å²) in [6.45, 7) is 0.247. The number of hydrogen-bond acceptors (Lipinski definition) is 6. The number of carbonyl (C=O) groups is 2. The van der Waals surface area contributed by atoms with Crippen molar-refractivity contribution in [3.63, 3.8) is 0 Å². The topological polar surface area (TPSA) is 90.2 Å². The van der Waals surface area contributed by atoms with Gasteiger partial charge in [-0.25, -0.2) is 0 Å². The molecule has 86 valence electrons. The van der Waals surface area contributed by atoms with Crippen LogP contribution in [0, 0.1) is 5.92 Å². The lowest BCUT2D eigenvalue weighted by Gasteiger charge is -2.09. The molecule has 1 amide bonds. The summed E-state index contributed by atoms with van der Waals surface area (Å²) in [6, 6.07) is 0. The molecular formula is C8H11N5O3. The number of anilines is 1. The standard InChI is InChI=1S/C8H11N5O3/c1-12-10-8(9-11-12)13-4-5(3-6(13)14)7(15)16-2/h5H,3-4H2,1-2H3. The summed E-state index contributed by atoms with van der Waals surface area (Å²) < 4.78 is 4.59. The van der Waals surface area contributed by atoms with E-state index in [1.165, 1.54) is 16.8 Å². The van der Waals surface area contributed by atoms with Gasteiger partial charge in [0.25, 0.3) is 5.95 Å². The molecule has 1 aliphatic heterocycles. The van der Waals surface area contributed by atoms with E-state index in [2.05, 4.69) is 20.1 Å². The van der Waals surface area contributed by atoms with E-state index in [1.807, 2.05) is 0 Å². The van der Waals surface area contributed by atoms with Gasteiger partial charge in [-0.2, -0.15) is 4.80 Å². The number of aryl methyl sites for hydroxylation is 1. The Balaban J connectivity index is 2.14. The van der Waals surface area contributed by atoms with Crippen molar-refractivity contribution in [2.75, 3.05) is 18.6 Å². The number of amides is 1. The molecule has 2 rings (SSSR count). The molecule has 1 saturated heterocycles. The number of tetrazole rings is 1. The lowest BCUT2D eigenvalue weighted by atomic mass is 10.1. The third-order valence-corrected chi connectivity index (χ3v) is 2.40. The van der Waals surface area contributed by atoms with Gasteiger partial charge < -0.3 is 4.74 Å². The predicted octanol–water partition coefficient (Wildman–Crippen LogP) is -1.26. The first-order valence-corrected chi connectivity index (χ1v) is 4.74. The minimum Gasteiger partial charge on any atom is -0.469 e. The van der Waals surface area contributed by atoms with Crippen molar-refractivity contribution in [2.45, 2.75) is 6.42 Å². The zero-order valence-electron chi connectivity index (χ0n) is 8.95. The Morgan fingerprint density at radius 1 is 1.56 bits per heavy atom. The van der Waals surface area contributed by atoms with Crippen LogP contribution < -0.4 is 4.90 Å². The summed E-state index contributed by atoms with van der Waals surface area (Å²) >= 11 is 0. The van der Waals surface area contributed by atoms with E-state index in [4.69, 9.17) is 0 Å². The van der Waals surface area contributed by atoms with E-state index in [-0.39, 0.29) is 30.8 Å². The molecular weight excluding hydrogens is 214 g/mol. The maximum atomic E-state index is 11.6. The molecule has 1 aromatic rings. The lowest BCUT2D eigenvalue weighted by Crippen LogP contribution is -2.27. The zero-order chi connectivity index (χ0) is 11.7. The summed E-state index contributed by atoms with van der Waals surface area (Å²) in [5, 5.41) is 11.3. The maximum Gasteiger partial charge on any atom is 0.311 e. The van der Waals surface area contributed by atoms with Gasteiger partial charge in [-0.3, -0.25) is 14.5 Å². The number of methoxy groups -OCH3 is 1. The Morgan fingerprint density at radius 3 is 2.88 bits per heavy atom. The van der Waals surface area contributed by atoms with Crippen LogP contribution in [0.1, 0.15) is 6.42 Å². The maximum absolute atomic E-state index is 11.6. The van der Waals surface area contributed by atoms with Crippen molar-refractivity contribution in [3.05, 3.63) is 0 Å². The van der Waals surface area contributed by atoms with Crippen molar-refractivity contribution in [1.82, 2.24) is 20.2 Å². The quantitative estimate of drug-likeness (QED) is 0.583. The minimum atomic E-state index is -0.443. The van der Waals surface area contributed by atoms with Gasteiger partial charge in [0.15, 0.2) is 0 Å². The average Bonchev–Trinajstić information content (AvgIpc) is 2.83. The van der Waals surface area contributed by atoms with Crippen molar-refractivity contribution in [2.24, 2.45) is 13.0 Å². The Morgan fingerprint density at radius 2 is 2.31 bits per heavy atom. The third-order valence-electron chi connectivity index (χ3n) is 2.40. The van der Waals surface area contributed by atoms with E-state index in [1.54, 1.807) is 7.05 Å². The predicted molar refractivity (Wildman–Crippen MR) is 51.3 cm³/mol. The number of aromatic nitrogens is 4. The zero-order valence-corrected chi connectivity index (χ0v) is 8.95. The second-order valence-corrected chi connectivity index (χ2v) is 3.51. The van der Waals surface area contributed by atoms with Crippen LogP contribution in [0.5, 0.6) is 0 Å². The number of carbonyl (C=O) groups excluding carboxylic acids is 2. The Bertz CT molecular complexity index is 429. The second-order valence-electron chi connectivity index (χ2n) is 3.51. The lowest BCUT2D eigenvalue weighted by molar-refractivity contribution is -0.145. The van der Waals surface area contributed by atoms with E-state index in [0.29, 0.717) is 0 Å². The molecule has 1 aromatic heterocycles. The molecule has 1 atom stereocenters. The number of esters is 1. The Kier molecular flexibility index (Phi) is 2.55. The van der Waals surface area contributed by atoms with Gasteiger partial charge >= 0.3 is 5.97 Å². The highest BCUT2D eigenvalue weighted by Crippen LogP contribution is 2.22. The number of ether oxygens (including phenoxy) is 1. The summed E-state index contributed by atoms with van der Waals surface area (Å²) in [4.78, 5) is 25.5. The Labute approximate surface area is 91.2 Å². The summed E-state index contributed by atoms with van der Waals surface area (Å²) in [6.07, 6.45) is 0.130. The molecule has 8 nitrogen and oxygen atoms in total. The molecule has 0 aliphatic carbocycles. The molecule has 0 N–H and O–H groups in total. The van der Waals surface area contributed by atoms with Gasteiger partial charge in [-0.1, -0.05) is 5.10 Å². The van der Waals surface area contributed by atoms with Crippen LogP contribution in [-0.4, -0.2) is 45.7 Å². The first-order chi connectivity index (χ1) is 7.61. The SMILES string of the molecule is COC(=O)C1CC(=O)N(c2nnn(C)n2)C1. The first kappa shape index (κ1) is 10.5. The van der Waals surface area contributed by atoms with Gasteiger partial charge in [0.05, 0.1) is 20.1 Å². The highest BCUT2D eigenvalue weighted by Gasteiger charge is 2.37. The molecule has 0 spiro atoms. The van der Waals surface area contributed by atoms with E-state index in [9.17, 15) is 9.59 Å². The monoisotopic (exact) mass is 225 g/mol. The number of nitrogens with zero attached hydrogens (tertiary/aromatic N) is 5. The summed E-state index contributed by atoms with van der Waals surface area (Å²) in [7, 11) is 2.91. The molecule has 1 fully saturated rings. The first-order valence-electron chi connectivity index (χ1n) is 4.74. The van der Waals surface area contributed by atoms with Crippen LogP contribution in [0.15, 0.2) is 0 Å². The van der Waals surface area contributed by atoms with Crippen molar-refractivity contribution in [3.8, 4) is 0 Å². The second kappa shape index (κ2) is 3.87. The van der Waals surface area contributed by atoms with Crippen molar-refractivity contribution < 1.29 is 14.3 Å². The summed E-state index contributed by atoms with van der Waals surface area (Å²) in [5.74, 6) is -0.802. The minimum absolute atomic E-state index is 0.130. The highest BCUT2D eigenvalue weighted by molar-refractivity contribution is 5.98. The van der Waals surface area contributed by atoms with Gasteiger partial charge in [0.1, 0.15) is 0 Å². The molecule has 2 heterocycles. The van der Waals surface area contributed by atoms with Gasteiger partial charge in [0.2, 0.25) is 5.91 Å². The van der Waals surface area contributed by atoms with Crippen molar-refractivity contribution >= 4 is 17.8 Å². The fraction of sp³-hybridized carbons (Fsp3) is 0.625. The van der Waals surface area contributed by atoms with Crippen LogP contribution in [-0.2, 0) is 21.4 Å². The molecule has 0 bridgehead atoms.